The fourth-order valence-electron chi connectivity index (χ4n) is 5.70. The zero-order valence-corrected chi connectivity index (χ0v) is 27.6. The minimum atomic E-state index is -1.96. The molecule has 2 fully saturated rings. The Morgan fingerprint density at radius 1 is 1.19 bits per heavy atom. The van der Waals surface area contributed by atoms with Gasteiger partial charge in [0.05, 0.1) is 16.0 Å². The summed E-state index contributed by atoms with van der Waals surface area (Å²) in [6.45, 7) is 5.59. The molecule has 3 aliphatic heterocycles. The first-order valence-electron chi connectivity index (χ1n) is 15.3. The van der Waals surface area contributed by atoms with Gasteiger partial charge in [-0.3, -0.25) is 34.2 Å². The number of aryl methyl sites for hydroxylation is 1. The van der Waals surface area contributed by atoms with Gasteiger partial charge < -0.3 is 20.3 Å². The van der Waals surface area contributed by atoms with Gasteiger partial charge in [-0.15, -0.1) is 0 Å². The Labute approximate surface area is 281 Å². The lowest BCUT2D eigenvalue weighted by Crippen LogP contribution is -2.53. The van der Waals surface area contributed by atoms with E-state index in [1.54, 1.807) is 6.07 Å². The second kappa shape index (κ2) is 14.5. The maximum Gasteiger partial charge on any atom is 0.271 e. The fourth-order valence-corrected chi connectivity index (χ4v) is 7.78. The first-order valence-corrected chi connectivity index (χ1v) is 17.2. The van der Waals surface area contributed by atoms with Crippen molar-refractivity contribution in [2.75, 3.05) is 56.1 Å². The third-order valence-electron chi connectivity index (χ3n) is 7.98. The van der Waals surface area contributed by atoms with Crippen LogP contribution >= 0.6 is 11.3 Å². The zero-order valence-electron chi connectivity index (χ0n) is 26.0. The van der Waals surface area contributed by atoms with E-state index in [4.69, 9.17) is 4.74 Å². The largest absolute Gasteiger partial charge is 0.483 e. The van der Waals surface area contributed by atoms with Crippen molar-refractivity contribution in [3.8, 4) is 5.75 Å². The van der Waals surface area contributed by atoms with Gasteiger partial charge in [-0.2, -0.15) is 0 Å². The van der Waals surface area contributed by atoms with E-state index in [2.05, 4.69) is 40.7 Å². The summed E-state index contributed by atoms with van der Waals surface area (Å²) in [4.78, 5) is 79.3. The van der Waals surface area contributed by atoms with Gasteiger partial charge in [-0.1, -0.05) is 17.4 Å². The van der Waals surface area contributed by atoms with E-state index >= 15 is 0 Å². The number of hydrogen-bond donors (Lipinski definition) is 3. The number of thiazole rings is 1. The molecule has 2 aromatic heterocycles. The molecule has 3 N–H and O–H groups in total. The average molecular weight is 696 g/mol. The van der Waals surface area contributed by atoms with E-state index in [0.717, 1.165) is 49.0 Å². The molecule has 16 nitrogen and oxygen atoms in total. The molecule has 0 radical (unpaired) electrons. The topological polar surface area (TPSA) is 196 Å². The minimum Gasteiger partial charge on any atom is -0.483 e. The van der Waals surface area contributed by atoms with E-state index in [0.29, 0.717) is 34.7 Å². The van der Waals surface area contributed by atoms with Crippen LogP contribution in [-0.2, 0) is 25.4 Å². The highest BCUT2D eigenvalue weighted by Gasteiger charge is 2.45. The van der Waals surface area contributed by atoms with Crippen LogP contribution in [0.4, 0.5) is 16.8 Å². The van der Waals surface area contributed by atoms with Crippen molar-refractivity contribution in [2.24, 2.45) is 0 Å². The third-order valence-corrected chi connectivity index (χ3v) is 10.3. The van der Waals surface area contributed by atoms with Gasteiger partial charge in [-0.25, -0.2) is 23.5 Å². The summed E-state index contributed by atoms with van der Waals surface area (Å²) in [7, 11) is -1.96. The molecule has 3 aliphatic rings. The number of rotatable bonds is 11. The van der Waals surface area contributed by atoms with Crippen molar-refractivity contribution < 1.29 is 32.9 Å². The number of anilines is 3. The van der Waals surface area contributed by atoms with E-state index in [1.165, 1.54) is 29.7 Å². The number of piperidine rings is 1. The van der Waals surface area contributed by atoms with Gasteiger partial charge in [-0.05, 0) is 38.4 Å². The third kappa shape index (κ3) is 7.34. The molecule has 252 valence electrons. The molecule has 3 aromatic rings. The lowest BCUT2D eigenvalue weighted by Gasteiger charge is -2.27. The van der Waals surface area contributed by atoms with Gasteiger partial charge in [0.1, 0.15) is 34.8 Å². The molecule has 0 spiro atoms. The van der Waals surface area contributed by atoms with Crippen LogP contribution in [0.2, 0.25) is 0 Å². The van der Waals surface area contributed by atoms with Crippen molar-refractivity contribution in [2.45, 2.75) is 37.1 Å². The standard InChI is InChI=1S/C30H33N9O7S2/c1-18-33-23(35-30-32-15-19(16-40)47-30)14-24(34-18)38-10-3-9-37(12-13-38)11-8-31-26(42)17-46-21-4-2-5-22-27(21)29(44)39(48(22)45)20-6-7-25(41)36-28(20)43/h2,4-5,14-16,20H,3,6-13,17H2,1H3,(H,31,42)(H,36,41,43)(H,32,33,34,35). The Bertz CT molecular complexity index is 1780. The number of nitrogens with zero attached hydrogens (tertiary/aromatic N) is 6. The van der Waals surface area contributed by atoms with Gasteiger partial charge in [0.2, 0.25) is 5.91 Å². The SMILES string of the molecule is Cc1nc(Nc2ncc(C=O)s2)cc(N2CCCN(CCNC(=O)COc3cccc4c3C(=O)N(C3CCC(=O)NC3=O)S4=O)CC2)n1. The quantitative estimate of drug-likeness (QED) is 0.188. The average Bonchev–Trinajstić information content (AvgIpc) is 3.52. The van der Waals surface area contributed by atoms with E-state index in [-0.39, 0.29) is 41.6 Å². The Morgan fingerprint density at radius 2 is 2.04 bits per heavy atom. The minimum absolute atomic E-state index is 0.0349. The number of fused-ring (bicyclic) bond motifs is 1. The normalized spacial score (nSPS) is 19.8. The summed E-state index contributed by atoms with van der Waals surface area (Å²) in [6.07, 6.45) is 3.26. The van der Waals surface area contributed by atoms with Crippen LogP contribution in [0.15, 0.2) is 35.4 Å². The molecule has 48 heavy (non-hydrogen) atoms. The van der Waals surface area contributed by atoms with Crippen molar-refractivity contribution in [1.82, 2.24) is 34.8 Å². The van der Waals surface area contributed by atoms with Crippen LogP contribution in [0.3, 0.4) is 0 Å². The zero-order chi connectivity index (χ0) is 33.8. The number of hydrogen-bond acceptors (Lipinski definition) is 14. The second-order valence-electron chi connectivity index (χ2n) is 11.3. The van der Waals surface area contributed by atoms with Gasteiger partial charge >= 0.3 is 0 Å². The van der Waals surface area contributed by atoms with E-state index in [1.807, 2.05) is 13.0 Å². The predicted octanol–water partition coefficient (Wildman–Crippen LogP) is 0.789. The number of amides is 4. The first kappa shape index (κ1) is 33.1. The molecule has 2 unspecified atom stereocenters. The fraction of sp³-hybridized carbons (Fsp3) is 0.400. The summed E-state index contributed by atoms with van der Waals surface area (Å²) in [5.41, 5.74) is 0.0412. The van der Waals surface area contributed by atoms with Gasteiger partial charge in [0, 0.05) is 45.2 Å². The highest BCUT2D eigenvalue weighted by molar-refractivity contribution is 7.84. The number of carbonyl (C=O) groups excluding carboxylic acids is 5. The second-order valence-corrected chi connectivity index (χ2v) is 13.7. The van der Waals surface area contributed by atoms with Crippen molar-refractivity contribution in [1.29, 1.82) is 0 Å². The summed E-state index contributed by atoms with van der Waals surface area (Å²) in [5.74, 6) is -0.0512. The van der Waals surface area contributed by atoms with Crippen molar-refractivity contribution in [3.63, 3.8) is 0 Å². The molecular weight excluding hydrogens is 663 g/mol. The summed E-state index contributed by atoms with van der Waals surface area (Å²) >= 11 is 1.24. The summed E-state index contributed by atoms with van der Waals surface area (Å²) in [5, 5.41) is 8.76. The monoisotopic (exact) mass is 695 g/mol. The molecule has 2 saturated heterocycles. The van der Waals surface area contributed by atoms with E-state index in [9.17, 15) is 28.2 Å². The molecular formula is C30H33N9O7S2. The Balaban J connectivity index is 0.976. The first-order chi connectivity index (χ1) is 23.2. The Hall–Kier alpha value is -4.81. The lowest BCUT2D eigenvalue weighted by atomic mass is 10.1. The molecule has 0 saturated carbocycles. The van der Waals surface area contributed by atoms with Crippen LogP contribution in [-0.4, -0.2) is 110 Å². The molecule has 2 atom stereocenters. The van der Waals surface area contributed by atoms with Crippen molar-refractivity contribution >= 4 is 69.0 Å². The number of benzene rings is 1. The summed E-state index contributed by atoms with van der Waals surface area (Å²) < 4.78 is 19.8. The lowest BCUT2D eigenvalue weighted by molar-refractivity contribution is -0.135. The Morgan fingerprint density at radius 3 is 2.83 bits per heavy atom. The van der Waals surface area contributed by atoms with Crippen LogP contribution < -0.4 is 25.6 Å². The molecule has 5 heterocycles. The van der Waals surface area contributed by atoms with E-state index < -0.39 is 34.7 Å². The molecule has 1 aromatic carbocycles. The van der Waals surface area contributed by atoms with Crippen LogP contribution in [0.25, 0.3) is 0 Å². The number of nitrogens with one attached hydrogen (secondary N) is 3. The number of aldehydes is 1. The molecule has 6 rings (SSSR count). The van der Waals surface area contributed by atoms with Gasteiger partial charge in [0.15, 0.2) is 29.0 Å². The summed E-state index contributed by atoms with van der Waals surface area (Å²) in [6, 6.07) is 5.42. The highest BCUT2D eigenvalue weighted by Crippen LogP contribution is 2.36. The number of imide groups is 1. The van der Waals surface area contributed by atoms with Crippen molar-refractivity contribution in [3.05, 3.63) is 46.7 Å². The predicted molar refractivity (Wildman–Crippen MR) is 175 cm³/mol. The Kier molecular flexibility index (Phi) is 10.0. The molecule has 0 aliphatic carbocycles. The number of ether oxygens (including phenoxy) is 1. The van der Waals surface area contributed by atoms with Crippen LogP contribution in [0.1, 0.15) is 45.1 Å². The molecule has 4 amide bonds. The number of carbonyl (C=O) groups is 5. The molecule has 18 heteroatoms. The smallest absolute Gasteiger partial charge is 0.271 e. The van der Waals surface area contributed by atoms with Gasteiger partial charge in [0.25, 0.3) is 17.7 Å². The van der Waals surface area contributed by atoms with Crippen LogP contribution in [0.5, 0.6) is 5.75 Å². The molecule has 0 bridgehead atoms. The maximum atomic E-state index is 13.3. The highest BCUT2D eigenvalue weighted by atomic mass is 32.2. The maximum absolute atomic E-state index is 13.3. The van der Waals surface area contributed by atoms with Crippen LogP contribution in [0, 0.1) is 6.92 Å². The number of aromatic nitrogens is 3.